The number of amides is 1. The van der Waals surface area contributed by atoms with Gasteiger partial charge in [-0.2, -0.15) is 0 Å². The zero-order chi connectivity index (χ0) is 19.4. The lowest BCUT2D eigenvalue weighted by Crippen LogP contribution is -2.38. The average Bonchev–Trinajstić information content (AvgIpc) is 3.44. The van der Waals surface area contributed by atoms with Gasteiger partial charge in [0, 0.05) is 49.7 Å². The second-order valence-electron chi connectivity index (χ2n) is 6.97. The fourth-order valence-electron chi connectivity index (χ4n) is 3.01. The SMILES string of the molecule is CN=C(NCc1ccc(C(=O)N(C)C)cc1)NC1CC1c1ccc(Br)cc1. The number of nitrogens with one attached hydrogen (secondary N) is 2. The summed E-state index contributed by atoms with van der Waals surface area (Å²) in [4.78, 5) is 17.8. The molecule has 6 heteroatoms. The van der Waals surface area contributed by atoms with Crippen molar-refractivity contribution in [2.75, 3.05) is 21.1 Å². The Balaban J connectivity index is 1.50. The van der Waals surface area contributed by atoms with Crippen molar-refractivity contribution >= 4 is 27.8 Å². The number of aliphatic imine (C=N–C) groups is 1. The number of halogens is 1. The predicted octanol–water partition coefficient (Wildman–Crippen LogP) is 3.37. The molecule has 2 N–H and O–H groups in total. The molecular formula is C21H25BrN4O. The molecule has 1 aliphatic carbocycles. The number of hydrogen-bond acceptors (Lipinski definition) is 2. The van der Waals surface area contributed by atoms with E-state index in [0.717, 1.165) is 22.4 Å². The lowest BCUT2D eigenvalue weighted by Gasteiger charge is -2.13. The van der Waals surface area contributed by atoms with Gasteiger partial charge in [-0.25, -0.2) is 0 Å². The summed E-state index contributed by atoms with van der Waals surface area (Å²) in [6.07, 6.45) is 1.11. The molecule has 0 saturated heterocycles. The maximum Gasteiger partial charge on any atom is 0.253 e. The zero-order valence-corrected chi connectivity index (χ0v) is 17.5. The standard InChI is InChI=1S/C21H25BrN4O/c1-23-21(25-19-12-18(19)15-8-10-17(22)11-9-15)24-13-14-4-6-16(7-5-14)20(27)26(2)3/h4-11,18-19H,12-13H2,1-3H3,(H2,23,24,25). The molecule has 1 fully saturated rings. The molecule has 2 atom stereocenters. The van der Waals surface area contributed by atoms with Crippen molar-refractivity contribution in [3.05, 3.63) is 69.7 Å². The van der Waals surface area contributed by atoms with Crippen LogP contribution in [0.25, 0.3) is 0 Å². The molecule has 1 saturated carbocycles. The summed E-state index contributed by atoms with van der Waals surface area (Å²) in [6.45, 7) is 0.659. The van der Waals surface area contributed by atoms with Crippen LogP contribution in [-0.4, -0.2) is 44.0 Å². The molecule has 3 rings (SSSR count). The molecule has 2 aromatic rings. The zero-order valence-electron chi connectivity index (χ0n) is 15.9. The van der Waals surface area contributed by atoms with Gasteiger partial charge in [0.1, 0.15) is 0 Å². The van der Waals surface area contributed by atoms with E-state index in [4.69, 9.17) is 0 Å². The lowest BCUT2D eigenvalue weighted by molar-refractivity contribution is 0.0827. The quantitative estimate of drug-likeness (QED) is 0.566. The van der Waals surface area contributed by atoms with E-state index in [0.29, 0.717) is 24.1 Å². The minimum absolute atomic E-state index is 0.0136. The highest BCUT2D eigenvalue weighted by Gasteiger charge is 2.38. The lowest BCUT2D eigenvalue weighted by atomic mass is 10.1. The van der Waals surface area contributed by atoms with E-state index >= 15 is 0 Å². The van der Waals surface area contributed by atoms with Crippen LogP contribution >= 0.6 is 15.9 Å². The van der Waals surface area contributed by atoms with Gasteiger partial charge in [-0.1, -0.05) is 40.2 Å². The summed E-state index contributed by atoms with van der Waals surface area (Å²) in [5.74, 6) is 1.35. The fourth-order valence-corrected chi connectivity index (χ4v) is 3.28. The molecule has 0 aliphatic heterocycles. The van der Waals surface area contributed by atoms with Gasteiger partial charge in [0.05, 0.1) is 0 Å². The molecule has 0 aromatic heterocycles. The molecule has 1 amide bonds. The molecule has 2 aromatic carbocycles. The first-order chi connectivity index (χ1) is 13.0. The van der Waals surface area contributed by atoms with Crippen LogP contribution in [-0.2, 0) is 6.54 Å². The molecule has 1 aliphatic rings. The molecule has 0 radical (unpaired) electrons. The van der Waals surface area contributed by atoms with Crippen LogP contribution in [0.4, 0.5) is 0 Å². The van der Waals surface area contributed by atoms with Crippen LogP contribution < -0.4 is 10.6 Å². The average molecular weight is 429 g/mol. The van der Waals surface area contributed by atoms with E-state index in [1.165, 1.54) is 5.56 Å². The van der Waals surface area contributed by atoms with Crippen molar-refractivity contribution in [3.8, 4) is 0 Å². The summed E-state index contributed by atoms with van der Waals surface area (Å²) in [7, 11) is 5.30. The molecule has 2 unspecified atom stereocenters. The first kappa shape index (κ1) is 19.4. The van der Waals surface area contributed by atoms with E-state index in [9.17, 15) is 4.79 Å². The smallest absolute Gasteiger partial charge is 0.253 e. The monoisotopic (exact) mass is 428 g/mol. The van der Waals surface area contributed by atoms with E-state index in [1.807, 2.05) is 24.3 Å². The highest BCUT2D eigenvalue weighted by molar-refractivity contribution is 9.10. The normalized spacial score (nSPS) is 18.7. The number of guanidine groups is 1. The summed E-state index contributed by atoms with van der Waals surface area (Å²) in [5.41, 5.74) is 3.15. The van der Waals surface area contributed by atoms with Gasteiger partial charge in [-0.3, -0.25) is 9.79 Å². The number of nitrogens with zero attached hydrogens (tertiary/aromatic N) is 2. The van der Waals surface area contributed by atoms with Gasteiger partial charge in [0.25, 0.3) is 5.91 Å². The number of rotatable bonds is 5. The van der Waals surface area contributed by atoms with Crippen LogP contribution in [0.15, 0.2) is 58.0 Å². The highest BCUT2D eigenvalue weighted by Crippen LogP contribution is 2.40. The third-order valence-electron chi connectivity index (χ3n) is 4.70. The number of benzene rings is 2. The fraction of sp³-hybridized carbons (Fsp3) is 0.333. The van der Waals surface area contributed by atoms with E-state index in [2.05, 4.69) is 55.8 Å². The Morgan fingerprint density at radius 1 is 1.15 bits per heavy atom. The topological polar surface area (TPSA) is 56.7 Å². The summed E-state index contributed by atoms with van der Waals surface area (Å²) in [6, 6.07) is 16.6. The molecule has 0 heterocycles. The van der Waals surface area contributed by atoms with Crippen molar-refractivity contribution in [1.29, 1.82) is 0 Å². The molecule has 5 nitrogen and oxygen atoms in total. The van der Waals surface area contributed by atoms with Crippen molar-refractivity contribution < 1.29 is 4.79 Å². The number of carbonyl (C=O) groups is 1. The Morgan fingerprint density at radius 3 is 2.41 bits per heavy atom. The van der Waals surface area contributed by atoms with Gasteiger partial charge in [0.15, 0.2) is 5.96 Å². The Bertz CT molecular complexity index is 815. The Morgan fingerprint density at radius 2 is 1.81 bits per heavy atom. The minimum atomic E-state index is 0.0136. The Kier molecular flexibility index (Phi) is 6.16. The first-order valence-electron chi connectivity index (χ1n) is 9.01. The van der Waals surface area contributed by atoms with Crippen molar-refractivity contribution in [2.45, 2.75) is 24.9 Å². The van der Waals surface area contributed by atoms with Crippen LogP contribution in [0.2, 0.25) is 0 Å². The van der Waals surface area contributed by atoms with Crippen LogP contribution in [0.1, 0.15) is 33.8 Å². The maximum absolute atomic E-state index is 11.9. The number of carbonyl (C=O) groups excluding carboxylic acids is 1. The van der Waals surface area contributed by atoms with Gasteiger partial charge in [-0.15, -0.1) is 0 Å². The summed E-state index contributed by atoms with van der Waals surface area (Å²) in [5, 5.41) is 6.83. The Hall–Kier alpha value is -2.34. The van der Waals surface area contributed by atoms with Crippen LogP contribution in [0.5, 0.6) is 0 Å². The van der Waals surface area contributed by atoms with Gasteiger partial charge in [-0.05, 0) is 41.8 Å². The third kappa shape index (κ3) is 5.10. The maximum atomic E-state index is 11.9. The summed E-state index contributed by atoms with van der Waals surface area (Å²) < 4.78 is 1.10. The minimum Gasteiger partial charge on any atom is -0.353 e. The summed E-state index contributed by atoms with van der Waals surface area (Å²) >= 11 is 3.48. The van der Waals surface area contributed by atoms with Gasteiger partial charge in [0.2, 0.25) is 0 Å². The largest absolute Gasteiger partial charge is 0.353 e. The van der Waals surface area contributed by atoms with Crippen LogP contribution in [0, 0.1) is 0 Å². The van der Waals surface area contributed by atoms with Gasteiger partial charge < -0.3 is 15.5 Å². The Labute approximate surface area is 169 Å². The molecule has 142 valence electrons. The molecule has 0 bridgehead atoms. The second-order valence-corrected chi connectivity index (χ2v) is 7.88. The van der Waals surface area contributed by atoms with E-state index in [1.54, 1.807) is 26.0 Å². The molecule has 27 heavy (non-hydrogen) atoms. The third-order valence-corrected chi connectivity index (χ3v) is 5.23. The van der Waals surface area contributed by atoms with E-state index < -0.39 is 0 Å². The van der Waals surface area contributed by atoms with Crippen LogP contribution in [0.3, 0.4) is 0 Å². The van der Waals surface area contributed by atoms with Crippen molar-refractivity contribution in [2.24, 2.45) is 4.99 Å². The second kappa shape index (κ2) is 8.57. The first-order valence-corrected chi connectivity index (χ1v) is 9.80. The number of hydrogen-bond donors (Lipinski definition) is 2. The predicted molar refractivity (Wildman–Crippen MR) is 113 cm³/mol. The van der Waals surface area contributed by atoms with Gasteiger partial charge >= 0.3 is 0 Å². The van der Waals surface area contributed by atoms with E-state index in [-0.39, 0.29) is 5.91 Å². The highest BCUT2D eigenvalue weighted by atomic mass is 79.9. The molecular weight excluding hydrogens is 404 g/mol. The van der Waals surface area contributed by atoms with Crippen molar-refractivity contribution in [3.63, 3.8) is 0 Å². The molecule has 0 spiro atoms. The van der Waals surface area contributed by atoms with Crippen molar-refractivity contribution in [1.82, 2.24) is 15.5 Å².